The fourth-order valence-corrected chi connectivity index (χ4v) is 9.48. The molecule has 0 amide bonds. The van der Waals surface area contributed by atoms with E-state index in [1.807, 2.05) is 41.5 Å². The number of hydrogen-bond acceptors (Lipinski definition) is 8. The minimum atomic E-state index is -3.83. The predicted octanol–water partition coefficient (Wildman–Crippen LogP) is 3.61. The summed E-state index contributed by atoms with van der Waals surface area (Å²) in [5.41, 5.74) is -2.52. The summed E-state index contributed by atoms with van der Waals surface area (Å²) in [5, 5.41) is -0.0424. The zero-order valence-electron chi connectivity index (χ0n) is 25.4. The maximum atomic E-state index is 15.6. The van der Waals surface area contributed by atoms with E-state index in [0.29, 0.717) is 19.4 Å². The van der Waals surface area contributed by atoms with Crippen molar-refractivity contribution in [2.45, 2.75) is 79.3 Å². The molecule has 10 nitrogen and oxygen atoms in total. The van der Waals surface area contributed by atoms with E-state index >= 15 is 4.39 Å². The predicted molar refractivity (Wildman–Crippen MR) is 158 cm³/mol. The molecule has 230 valence electrons. The molecule has 2 saturated carbocycles. The summed E-state index contributed by atoms with van der Waals surface area (Å²) in [4.78, 5) is 44.9. The summed E-state index contributed by atoms with van der Waals surface area (Å²) >= 11 is 0. The molecule has 3 fully saturated rings. The summed E-state index contributed by atoms with van der Waals surface area (Å²) in [7, 11) is -3.83. The molecule has 1 saturated heterocycles. The summed E-state index contributed by atoms with van der Waals surface area (Å²) in [6, 6.07) is 0.576. The number of nitrogens with one attached hydrogen (secondary N) is 1. The topological polar surface area (TPSA) is 128 Å². The third-order valence-electron chi connectivity index (χ3n) is 9.95. The van der Waals surface area contributed by atoms with Crippen molar-refractivity contribution in [1.82, 2.24) is 14.3 Å². The number of ether oxygens (including phenoxy) is 1. The Kier molecular flexibility index (Phi) is 7.36. The van der Waals surface area contributed by atoms with Gasteiger partial charge in [0.2, 0.25) is 15.5 Å². The molecule has 2 aliphatic carbocycles. The maximum Gasteiger partial charge on any atom is 0.343 e. The molecule has 0 spiro atoms. The van der Waals surface area contributed by atoms with Gasteiger partial charge in [0.15, 0.2) is 11.6 Å². The molecule has 1 N–H and O–H groups in total. The quantitative estimate of drug-likeness (QED) is 0.475. The van der Waals surface area contributed by atoms with Gasteiger partial charge in [-0.05, 0) is 63.9 Å². The lowest BCUT2D eigenvalue weighted by molar-refractivity contribution is -0.128. The Bertz CT molecular complexity index is 1630. The number of carbonyl (C=O) groups excluding carboxylic acids is 2. The second kappa shape index (κ2) is 10.1. The number of Topliss-reactive ketones (excluding diaryl/α,β-unsaturated/α-hetero) is 1. The van der Waals surface area contributed by atoms with Crippen molar-refractivity contribution in [3.8, 4) is 0 Å². The molecule has 3 heterocycles. The van der Waals surface area contributed by atoms with Gasteiger partial charge in [-0.25, -0.2) is 27.3 Å². The zero-order valence-corrected chi connectivity index (χ0v) is 26.2. The number of carbonyl (C=O) groups is 2. The third-order valence-corrected chi connectivity index (χ3v) is 11.5. The van der Waals surface area contributed by atoms with Crippen molar-refractivity contribution in [3.63, 3.8) is 0 Å². The fraction of sp³-hybridized carbons (Fsp3) is 0.667. The largest absolute Gasteiger partial charge is 0.462 e. The molecule has 2 bridgehead atoms. The Labute approximate surface area is 246 Å². The van der Waals surface area contributed by atoms with E-state index in [4.69, 9.17) is 4.74 Å². The van der Waals surface area contributed by atoms with Crippen LogP contribution >= 0.6 is 0 Å². The highest BCUT2D eigenvalue weighted by atomic mass is 32.2. The van der Waals surface area contributed by atoms with Crippen molar-refractivity contribution in [3.05, 3.63) is 33.9 Å². The number of nitrogens with zero attached hydrogens (tertiary/aromatic N) is 3. The molecule has 1 aliphatic heterocycles. The van der Waals surface area contributed by atoms with Gasteiger partial charge < -0.3 is 14.2 Å². The summed E-state index contributed by atoms with van der Waals surface area (Å²) in [5.74, 6) is -1.70. The molecule has 42 heavy (non-hydrogen) atoms. The molecular weight excluding hydrogens is 563 g/mol. The smallest absolute Gasteiger partial charge is 0.343 e. The molecule has 5 rings (SSSR count). The van der Waals surface area contributed by atoms with Crippen molar-refractivity contribution in [1.29, 1.82) is 0 Å². The number of esters is 1. The first-order chi connectivity index (χ1) is 19.4. The van der Waals surface area contributed by atoms with Crippen LogP contribution in [0.25, 0.3) is 11.0 Å². The number of hydrogen-bond donors (Lipinski definition) is 1. The van der Waals surface area contributed by atoms with E-state index in [-0.39, 0.29) is 64.4 Å². The van der Waals surface area contributed by atoms with Crippen LogP contribution in [0.2, 0.25) is 0 Å². The van der Waals surface area contributed by atoms with Crippen LogP contribution < -0.4 is 15.1 Å². The standard InChI is InChI=1S/C30H41FN4O6S/c1-8-41-27(38)20-14-35(28(3,4)5)25-19(24(20)37)12-21(31)26(32-25)34-13-17(2)22(15-34)33-42(39,40)16-30-10-9-18(11-23(30)36)29(30,6)7/h12,14,17-18,22,33H,8-11,13,15-16H2,1-7H3/t17-,18-,22+,30-/m0/s1. The fourth-order valence-electron chi connectivity index (χ4n) is 7.30. The van der Waals surface area contributed by atoms with Gasteiger partial charge in [0.1, 0.15) is 17.0 Å². The van der Waals surface area contributed by atoms with Gasteiger partial charge in [-0.2, -0.15) is 0 Å². The van der Waals surface area contributed by atoms with Gasteiger partial charge in [-0.15, -0.1) is 0 Å². The second-order valence-corrected chi connectivity index (χ2v) is 15.6. The number of rotatable bonds is 7. The molecule has 4 atom stereocenters. The molecule has 0 unspecified atom stereocenters. The van der Waals surface area contributed by atoms with Gasteiger partial charge in [-0.1, -0.05) is 20.8 Å². The SMILES string of the molecule is CCOC(=O)c1cn(C(C)(C)C)c2nc(N3C[C@H](C)[C@H](NS(=O)(=O)C[C@@]45CC[C@@H](CC4=O)C5(C)C)C3)c(F)cc2c1=O. The van der Waals surface area contributed by atoms with Crippen LogP contribution in [0.1, 0.15) is 78.1 Å². The van der Waals surface area contributed by atoms with Crippen molar-refractivity contribution in [2.24, 2.45) is 22.7 Å². The van der Waals surface area contributed by atoms with E-state index in [2.05, 4.69) is 9.71 Å². The van der Waals surface area contributed by atoms with E-state index in [1.54, 1.807) is 16.4 Å². The van der Waals surface area contributed by atoms with E-state index in [0.717, 1.165) is 12.5 Å². The molecular formula is C30H41FN4O6S. The number of aromatic nitrogens is 2. The molecule has 0 radical (unpaired) electrons. The normalized spacial score (nSPS) is 27.3. The lowest BCUT2D eigenvalue weighted by atomic mass is 9.70. The van der Waals surface area contributed by atoms with Crippen LogP contribution in [0, 0.1) is 28.5 Å². The Hall–Kier alpha value is -2.86. The first-order valence-electron chi connectivity index (χ1n) is 14.6. The Morgan fingerprint density at radius 1 is 1.24 bits per heavy atom. The number of ketones is 1. The van der Waals surface area contributed by atoms with Gasteiger partial charge in [0.25, 0.3) is 0 Å². The lowest BCUT2D eigenvalue weighted by Gasteiger charge is -2.36. The number of sulfonamides is 1. The number of anilines is 1. The van der Waals surface area contributed by atoms with Gasteiger partial charge in [0, 0.05) is 42.7 Å². The van der Waals surface area contributed by atoms with Crippen molar-refractivity contribution in [2.75, 3.05) is 30.3 Å². The van der Waals surface area contributed by atoms with Gasteiger partial charge in [-0.3, -0.25) is 9.59 Å². The Balaban J connectivity index is 1.45. The van der Waals surface area contributed by atoms with Crippen molar-refractivity contribution < 1.29 is 27.1 Å². The van der Waals surface area contributed by atoms with E-state index in [9.17, 15) is 22.8 Å². The second-order valence-electron chi connectivity index (χ2n) is 13.8. The highest BCUT2D eigenvalue weighted by Gasteiger charge is 2.65. The highest BCUT2D eigenvalue weighted by Crippen LogP contribution is 2.64. The average molecular weight is 605 g/mol. The first kappa shape index (κ1) is 30.6. The summed E-state index contributed by atoms with van der Waals surface area (Å²) in [6.45, 7) is 13.8. The van der Waals surface area contributed by atoms with Gasteiger partial charge in [0.05, 0.1) is 17.7 Å². The molecule has 12 heteroatoms. The summed E-state index contributed by atoms with van der Waals surface area (Å²) in [6.07, 6.45) is 3.27. The van der Waals surface area contributed by atoms with Gasteiger partial charge >= 0.3 is 5.97 Å². The van der Waals surface area contributed by atoms with Crippen LogP contribution in [0.5, 0.6) is 0 Å². The molecule has 3 aliphatic rings. The monoisotopic (exact) mass is 604 g/mol. The van der Waals surface area contributed by atoms with Crippen LogP contribution in [0.15, 0.2) is 17.1 Å². The third kappa shape index (κ3) is 4.84. The first-order valence-corrected chi connectivity index (χ1v) is 16.3. The van der Waals surface area contributed by atoms with Crippen molar-refractivity contribution >= 4 is 38.6 Å². The number of fused-ring (bicyclic) bond motifs is 3. The van der Waals surface area contributed by atoms with E-state index in [1.165, 1.54) is 6.20 Å². The minimum absolute atomic E-state index is 0.00154. The van der Waals surface area contributed by atoms with E-state index < -0.39 is 44.2 Å². The maximum absolute atomic E-state index is 15.6. The molecule has 2 aromatic heterocycles. The molecule has 2 aromatic rings. The average Bonchev–Trinajstić information content (AvgIpc) is 3.40. The minimum Gasteiger partial charge on any atom is -0.462 e. The number of pyridine rings is 2. The molecule has 0 aromatic carbocycles. The number of halogens is 1. The van der Waals surface area contributed by atoms with Crippen LogP contribution in [0.3, 0.4) is 0 Å². The Morgan fingerprint density at radius 3 is 2.50 bits per heavy atom. The highest BCUT2D eigenvalue weighted by molar-refractivity contribution is 7.89. The summed E-state index contributed by atoms with van der Waals surface area (Å²) < 4.78 is 52.1. The lowest BCUT2D eigenvalue weighted by Crippen LogP contribution is -2.48. The Morgan fingerprint density at radius 2 is 1.93 bits per heavy atom. The van der Waals surface area contributed by atoms with Crippen LogP contribution in [0.4, 0.5) is 10.2 Å². The van der Waals surface area contributed by atoms with Crippen LogP contribution in [-0.2, 0) is 25.1 Å². The zero-order chi connectivity index (χ0) is 31.0. The van der Waals surface area contributed by atoms with Crippen LogP contribution in [-0.4, -0.2) is 61.2 Å².